The standard InChI is InChI=1S/C19H21ClN2O3S/c1-14-17(20)8-5-9-18(14)22(26(2,24)25)13-19(23)21-11-10-15-6-3-4-7-16(15)12-21/h3-9H,10-13H2,1-2H3. The van der Waals surface area contributed by atoms with E-state index in [2.05, 4.69) is 6.07 Å². The van der Waals surface area contributed by atoms with Gasteiger partial charge in [0.1, 0.15) is 6.54 Å². The van der Waals surface area contributed by atoms with E-state index in [0.717, 1.165) is 22.5 Å². The summed E-state index contributed by atoms with van der Waals surface area (Å²) < 4.78 is 25.8. The van der Waals surface area contributed by atoms with Crippen LogP contribution < -0.4 is 4.31 Å². The van der Waals surface area contributed by atoms with Gasteiger partial charge in [-0.25, -0.2) is 8.42 Å². The summed E-state index contributed by atoms with van der Waals surface area (Å²) in [7, 11) is -3.62. The van der Waals surface area contributed by atoms with Gasteiger partial charge in [0.15, 0.2) is 0 Å². The quantitative estimate of drug-likeness (QED) is 0.803. The first kappa shape index (κ1) is 18.7. The molecule has 7 heteroatoms. The summed E-state index contributed by atoms with van der Waals surface area (Å²) in [6.45, 7) is 2.60. The molecule has 2 aromatic carbocycles. The summed E-state index contributed by atoms with van der Waals surface area (Å²) in [5.41, 5.74) is 3.42. The predicted molar refractivity (Wildman–Crippen MR) is 104 cm³/mol. The van der Waals surface area contributed by atoms with Crippen LogP contribution in [0, 0.1) is 6.92 Å². The molecule has 0 atom stereocenters. The lowest BCUT2D eigenvalue weighted by Gasteiger charge is -2.31. The molecule has 0 aromatic heterocycles. The third-order valence-corrected chi connectivity index (χ3v) is 6.21. The lowest BCUT2D eigenvalue weighted by molar-refractivity contribution is -0.130. The van der Waals surface area contributed by atoms with Crippen molar-refractivity contribution in [2.24, 2.45) is 0 Å². The summed E-state index contributed by atoms with van der Waals surface area (Å²) in [6.07, 6.45) is 1.88. The van der Waals surface area contributed by atoms with E-state index in [0.29, 0.717) is 29.4 Å². The number of halogens is 1. The van der Waals surface area contributed by atoms with Gasteiger partial charge in [-0.1, -0.05) is 41.9 Å². The average molecular weight is 393 g/mol. The fourth-order valence-electron chi connectivity index (χ4n) is 3.18. The number of fused-ring (bicyclic) bond motifs is 1. The minimum atomic E-state index is -3.62. The molecule has 0 spiro atoms. The van der Waals surface area contributed by atoms with Crippen LogP contribution in [0.15, 0.2) is 42.5 Å². The Labute approximate surface area is 159 Å². The van der Waals surface area contributed by atoms with Crippen LogP contribution in [0.4, 0.5) is 5.69 Å². The maximum absolute atomic E-state index is 12.8. The van der Waals surface area contributed by atoms with Crippen molar-refractivity contribution in [3.8, 4) is 0 Å². The van der Waals surface area contributed by atoms with Crippen LogP contribution in [0.3, 0.4) is 0 Å². The van der Waals surface area contributed by atoms with Gasteiger partial charge in [0.05, 0.1) is 11.9 Å². The second-order valence-corrected chi connectivity index (χ2v) is 8.80. The van der Waals surface area contributed by atoms with Gasteiger partial charge in [-0.2, -0.15) is 0 Å². The number of anilines is 1. The molecule has 3 rings (SSSR count). The Morgan fingerprint density at radius 1 is 1.15 bits per heavy atom. The number of nitrogens with zero attached hydrogens (tertiary/aromatic N) is 2. The fourth-order valence-corrected chi connectivity index (χ4v) is 4.25. The van der Waals surface area contributed by atoms with Crippen LogP contribution in [-0.4, -0.2) is 38.6 Å². The zero-order valence-electron chi connectivity index (χ0n) is 14.8. The number of carbonyl (C=O) groups is 1. The van der Waals surface area contributed by atoms with Gasteiger partial charge < -0.3 is 4.90 Å². The highest BCUT2D eigenvalue weighted by Crippen LogP contribution is 2.28. The molecule has 2 aromatic rings. The van der Waals surface area contributed by atoms with E-state index in [1.807, 2.05) is 18.2 Å². The van der Waals surface area contributed by atoms with Crippen molar-refractivity contribution in [3.05, 3.63) is 64.2 Å². The molecule has 1 heterocycles. The fraction of sp³-hybridized carbons (Fsp3) is 0.316. The van der Waals surface area contributed by atoms with E-state index in [-0.39, 0.29) is 12.5 Å². The molecular formula is C19H21ClN2O3S. The SMILES string of the molecule is Cc1c(Cl)cccc1N(CC(=O)N1CCc2ccccc2C1)S(C)(=O)=O. The molecule has 138 valence electrons. The normalized spacial score (nSPS) is 14.0. The van der Waals surface area contributed by atoms with Crippen molar-refractivity contribution in [1.82, 2.24) is 4.90 Å². The smallest absolute Gasteiger partial charge is 0.243 e. The molecule has 0 unspecified atom stereocenters. The van der Waals surface area contributed by atoms with Gasteiger partial charge >= 0.3 is 0 Å². The first-order valence-corrected chi connectivity index (χ1v) is 10.6. The molecule has 1 aliphatic heterocycles. The summed E-state index contributed by atoms with van der Waals surface area (Å²) >= 11 is 6.13. The molecule has 0 fully saturated rings. The number of sulfonamides is 1. The number of benzene rings is 2. The lowest BCUT2D eigenvalue weighted by Crippen LogP contribution is -2.44. The maximum Gasteiger partial charge on any atom is 0.243 e. The number of rotatable bonds is 4. The topological polar surface area (TPSA) is 57.7 Å². The predicted octanol–water partition coefficient (Wildman–Crippen LogP) is 3.00. The lowest BCUT2D eigenvalue weighted by atomic mass is 10.00. The Kier molecular flexibility index (Phi) is 5.25. The number of hydrogen-bond acceptors (Lipinski definition) is 3. The molecular weight excluding hydrogens is 372 g/mol. The Morgan fingerprint density at radius 2 is 1.85 bits per heavy atom. The van der Waals surface area contributed by atoms with Gasteiger partial charge in [0.25, 0.3) is 0 Å². The number of hydrogen-bond donors (Lipinski definition) is 0. The Balaban J connectivity index is 1.84. The van der Waals surface area contributed by atoms with E-state index in [1.54, 1.807) is 30.0 Å². The van der Waals surface area contributed by atoms with E-state index in [1.165, 1.54) is 5.56 Å². The zero-order valence-corrected chi connectivity index (χ0v) is 16.3. The van der Waals surface area contributed by atoms with E-state index < -0.39 is 10.0 Å². The molecule has 0 saturated heterocycles. The monoisotopic (exact) mass is 392 g/mol. The van der Waals surface area contributed by atoms with E-state index in [4.69, 9.17) is 11.6 Å². The highest BCUT2D eigenvalue weighted by Gasteiger charge is 2.27. The van der Waals surface area contributed by atoms with Crippen LogP contribution in [0.1, 0.15) is 16.7 Å². The minimum absolute atomic E-state index is 0.218. The largest absolute Gasteiger partial charge is 0.336 e. The molecule has 1 aliphatic rings. The molecule has 0 saturated carbocycles. The van der Waals surface area contributed by atoms with E-state index in [9.17, 15) is 13.2 Å². The first-order chi connectivity index (χ1) is 12.3. The van der Waals surface area contributed by atoms with Gasteiger partial charge in [-0.3, -0.25) is 9.10 Å². The van der Waals surface area contributed by atoms with Crippen molar-refractivity contribution >= 4 is 33.2 Å². The van der Waals surface area contributed by atoms with Crippen LogP contribution >= 0.6 is 11.6 Å². The van der Waals surface area contributed by atoms with Gasteiger partial charge in [-0.15, -0.1) is 0 Å². The number of amides is 1. The Bertz CT molecular complexity index is 944. The summed E-state index contributed by atoms with van der Waals surface area (Å²) in [6, 6.07) is 13.1. The highest BCUT2D eigenvalue weighted by molar-refractivity contribution is 7.92. The highest BCUT2D eigenvalue weighted by atomic mass is 35.5. The molecule has 0 radical (unpaired) electrons. The van der Waals surface area contributed by atoms with Crippen molar-refractivity contribution in [3.63, 3.8) is 0 Å². The summed E-state index contributed by atoms with van der Waals surface area (Å²) in [5.74, 6) is -0.218. The summed E-state index contributed by atoms with van der Waals surface area (Å²) in [4.78, 5) is 14.5. The minimum Gasteiger partial charge on any atom is -0.336 e. The molecule has 5 nitrogen and oxygen atoms in total. The van der Waals surface area contributed by atoms with Crippen LogP contribution in [0.2, 0.25) is 5.02 Å². The summed E-state index contributed by atoms with van der Waals surface area (Å²) in [5, 5.41) is 0.468. The Morgan fingerprint density at radius 3 is 2.54 bits per heavy atom. The van der Waals surface area contributed by atoms with E-state index >= 15 is 0 Å². The average Bonchev–Trinajstić information content (AvgIpc) is 2.61. The zero-order chi connectivity index (χ0) is 18.9. The third-order valence-electron chi connectivity index (χ3n) is 4.67. The molecule has 0 aliphatic carbocycles. The van der Waals surface area contributed by atoms with Crippen molar-refractivity contribution in [2.75, 3.05) is 23.7 Å². The second-order valence-electron chi connectivity index (χ2n) is 6.49. The van der Waals surface area contributed by atoms with Crippen LogP contribution in [0.5, 0.6) is 0 Å². The molecule has 0 N–H and O–H groups in total. The number of carbonyl (C=O) groups excluding carboxylic acids is 1. The molecule has 26 heavy (non-hydrogen) atoms. The van der Waals surface area contributed by atoms with Crippen LogP contribution in [-0.2, 0) is 27.8 Å². The Hall–Kier alpha value is -2.05. The third kappa shape index (κ3) is 3.86. The van der Waals surface area contributed by atoms with Crippen molar-refractivity contribution in [2.45, 2.75) is 19.9 Å². The van der Waals surface area contributed by atoms with Crippen molar-refractivity contribution in [1.29, 1.82) is 0 Å². The van der Waals surface area contributed by atoms with Gasteiger partial charge in [-0.05, 0) is 42.2 Å². The van der Waals surface area contributed by atoms with Gasteiger partial charge in [0.2, 0.25) is 15.9 Å². The second kappa shape index (κ2) is 7.29. The van der Waals surface area contributed by atoms with Crippen molar-refractivity contribution < 1.29 is 13.2 Å². The molecule has 0 bridgehead atoms. The molecule has 1 amide bonds. The first-order valence-electron chi connectivity index (χ1n) is 8.35. The van der Waals surface area contributed by atoms with Crippen LogP contribution in [0.25, 0.3) is 0 Å². The maximum atomic E-state index is 12.8. The van der Waals surface area contributed by atoms with Gasteiger partial charge in [0, 0.05) is 18.1 Å².